The molecule has 4 heteroatoms. The second-order valence-corrected chi connectivity index (χ2v) is 3.97. The van der Waals surface area contributed by atoms with Gasteiger partial charge >= 0.3 is 0 Å². The van der Waals surface area contributed by atoms with Crippen LogP contribution in [0.15, 0.2) is 24.3 Å². The van der Waals surface area contributed by atoms with Crippen molar-refractivity contribution in [1.82, 2.24) is 5.32 Å². The Morgan fingerprint density at radius 1 is 1.22 bits per heavy atom. The van der Waals surface area contributed by atoms with E-state index in [-0.39, 0.29) is 6.10 Å². The molecule has 1 unspecified atom stereocenters. The molecule has 0 bridgehead atoms. The van der Waals surface area contributed by atoms with Crippen LogP contribution in [0.5, 0.6) is 11.5 Å². The summed E-state index contributed by atoms with van der Waals surface area (Å²) in [5.74, 6) is 1.54. The fourth-order valence-corrected chi connectivity index (χ4v) is 1.62. The van der Waals surface area contributed by atoms with E-state index in [1.165, 1.54) is 0 Å². The van der Waals surface area contributed by atoms with Crippen LogP contribution in [-0.4, -0.2) is 39.5 Å². The molecule has 0 fully saturated rings. The highest BCUT2D eigenvalue weighted by molar-refractivity contribution is 5.39. The average molecular weight is 253 g/mol. The number of ether oxygens (including phenoxy) is 3. The number of methoxy groups -OCH3 is 1. The molecule has 0 radical (unpaired) electrons. The minimum Gasteiger partial charge on any atom is -0.493 e. The Balaban J connectivity index is 2.17. The maximum atomic E-state index is 5.64. The smallest absolute Gasteiger partial charge is 0.161 e. The van der Waals surface area contributed by atoms with Crippen molar-refractivity contribution in [3.05, 3.63) is 24.3 Å². The van der Waals surface area contributed by atoms with Gasteiger partial charge in [0.05, 0.1) is 13.2 Å². The number of para-hydroxylation sites is 2. The highest BCUT2D eigenvalue weighted by Gasteiger charge is 2.02. The summed E-state index contributed by atoms with van der Waals surface area (Å²) in [4.78, 5) is 0. The lowest BCUT2D eigenvalue weighted by molar-refractivity contribution is 0.0755. The van der Waals surface area contributed by atoms with Crippen LogP contribution in [0.25, 0.3) is 0 Å². The molecule has 0 saturated carbocycles. The highest BCUT2D eigenvalue weighted by Crippen LogP contribution is 2.25. The zero-order valence-electron chi connectivity index (χ0n) is 11.4. The zero-order chi connectivity index (χ0) is 13.2. The number of rotatable bonds is 9. The molecule has 0 aliphatic heterocycles. The van der Waals surface area contributed by atoms with Crippen LogP contribution < -0.4 is 14.8 Å². The van der Waals surface area contributed by atoms with Gasteiger partial charge in [-0.2, -0.15) is 0 Å². The summed E-state index contributed by atoms with van der Waals surface area (Å²) in [6, 6.07) is 7.65. The van der Waals surface area contributed by atoms with Gasteiger partial charge in [0.25, 0.3) is 0 Å². The third-order valence-corrected chi connectivity index (χ3v) is 2.49. The van der Waals surface area contributed by atoms with E-state index < -0.39 is 0 Å². The fraction of sp³-hybridized carbons (Fsp3) is 0.571. The molecule has 0 aliphatic rings. The first-order valence-electron chi connectivity index (χ1n) is 6.36. The number of hydrogen-bond donors (Lipinski definition) is 1. The van der Waals surface area contributed by atoms with Crippen LogP contribution in [0.4, 0.5) is 0 Å². The molecule has 0 saturated heterocycles. The van der Waals surface area contributed by atoms with Crippen LogP contribution in [-0.2, 0) is 4.74 Å². The second-order valence-electron chi connectivity index (χ2n) is 3.97. The Morgan fingerprint density at radius 2 is 1.94 bits per heavy atom. The minimum atomic E-state index is 0.237. The first-order chi connectivity index (χ1) is 8.77. The number of benzene rings is 1. The van der Waals surface area contributed by atoms with Gasteiger partial charge in [-0.3, -0.25) is 0 Å². The molecular formula is C14H23NO3. The molecule has 0 amide bonds. The second kappa shape index (κ2) is 8.78. The maximum Gasteiger partial charge on any atom is 0.161 e. The van der Waals surface area contributed by atoms with Gasteiger partial charge in [0.15, 0.2) is 11.5 Å². The van der Waals surface area contributed by atoms with Gasteiger partial charge in [-0.25, -0.2) is 0 Å². The largest absolute Gasteiger partial charge is 0.493 e. The van der Waals surface area contributed by atoms with Crippen molar-refractivity contribution in [3.63, 3.8) is 0 Å². The summed E-state index contributed by atoms with van der Waals surface area (Å²) in [6.45, 7) is 7.04. The van der Waals surface area contributed by atoms with Crippen molar-refractivity contribution in [3.8, 4) is 11.5 Å². The fourth-order valence-electron chi connectivity index (χ4n) is 1.62. The maximum absolute atomic E-state index is 5.64. The van der Waals surface area contributed by atoms with E-state index in [1.54, 1.807) is 7.11 Å². The average Bonchev–Trinajstić information content (AvgIpc) is 2.39. The number of nitrogens with one attached hydrogen (secondary N) is 1. The van der Waals surface area contributed by atoms with Crippen LogP contribution in [0, 0.1) is 0 Å². The SMILES string of the molecule is CCOC(C)CNCCOc1ccccc1OC. The van der Waals surface area contributed by atoms with Crippen molar-refractivity contribution in [2.75, 3.05) is 33.4 Å². The predicted molar refractivity (Wildman–Crippen MR) is 72.4 cm³/mol. The highest BCUT2D eigenvalue weighted by atomic mass is 16.5. The molecule has 0 spiro atoms. The monoisotopic (exact) mass is 253 g/mol. The normalized spacial score (nSPS) is 12.2. The molecule has 102 valence electrons. The molecule has 0 aromatic heterocycles. The van der Waals surface area contributed by atoms with E-state index in [4.69, 9.17) is 14.2 Å². The summed E-state index contributed by atoms with van der Waals surface area (Å²) < 4.78 is 16.3. The molecular weight excluding hydrogens is 230 g/mol. The topological polar surface area (TPSA) is 39.7 Å². The lowest BCUT2D eigenvalue weighted by Gasteiger charge is -2.13. The van der Waals surface area contributed by atoms with Crippen molar-refractivity contribution in [1.29, 1.82) is 0 Å². The molecule has 1 aromatic carbocycles. The minimum absolute atomic E-state index is 0.237. The molecule has 0 heterocycles. The Bertz CT molecular complexity index is 331. The van der Waals surface area contributed by atoms with Gasteiger partial charge in [0.1, 0.15) is 6.61 Å². The Kier molecular flexibility index (Phi) is 7.22. The molecule has 4 nitrogen and oxygen atoms in total. The van der Waals surface area contributed by atoms with Gasteiger partial charge in [-0.1, -0.05) is 12.1 Å². The predicted octanol–water partition coefficient (Wildman–Crippen LogP) is 2.09. The van der Waals surface area contributed by atoms with Gasteiger partial charge in [-0.15, -0.1) is 0 Å². The molecule has 0 aliphatic carbocycles. The van der Waals surface area contributed by atoms with Crippen molar-refractivity contribution in [2.24, 2.45) is 0 Å². The van der Waals surface area contributed by atoms with Gasteiger partial charge in [-0.05, 0) is 26.0 Å². The number of hydrogen-bond acceptors (Lipinski definition) is 4. The van der Waals surface area contributed by atoms with E-state index >= 15 is 0 Å². The first kappa shape index (κ1) is 14.8. The summed E-state index contributed by atoms with van der Waals surface area (Å²) in [5.41, 5.74) is 0. The van der Waals surface area contributed by atoms with Crippen LogP contribution in [0.2, 0.25) is 0 Å². The summed E-state index contributed by atoms with van der Waals surface area (Å²) in [5, 5.41) is 3.29. The van der Waals surface area contributed by atoms with Crippen LogP contribution in [0.3, 0.4) is 0 Å². The van der Waals surface area contributed by atoms with Crippen molar-refractivity contribution < 1.29 is 14.2 Å². The van der Waals surface area contributed by atoms with Gasteiger partial charge in [0, 0.05) is 19.7 Å². The third-order valence-electron chi connectivity index (χ3n) is 2.49. The molecule has 18 heavy (non-hydrogen) atoms. The van der Waals surface area contributed by atoms with Crippen molar-refractivity contribution in [2.45, 2.75) is 20.0 Å². The summed E-state index contributed by atoms with van der Waals surface area (Å²) in [6.07, 6.45) is 0.237. The Hall–Kier alpha value is -1.26. The van der Waals surface area contributed by atoms with Crippen LogP contribution in [0.1, 0.15) is 13.8 Å². The quantitative estimate of drug-likeness (QED) is 0.684. The van der Waals surface area contributed by atoms with E-state index in [0.29, 0.717) is 6.61 Å². The molecule has 1 aromatic rings. The first-order valence-corrected chi connectivity index (χ1v) is 6.36. The lowest BCUT2D eigenvalue weighted by Crippen LogP contribution is -2.30. The van der Waals surface area contributed by atoms with Crippen molar-refractivity contribution >= 4 is 0 Å². The summed E-state index contributed by atoms with van der Waals surface area (Å²) in [7, 11) is 1.64. The standard InChI is InChI=1S/C14H23NO3/c1-4-17-12(2)11-15-9-10-18-14-8-6-5-7-13(14)16-3/h5-8,12,15H,4,9-11H2,1-3H3. The molecule has 1 N–H and O–H groups in total. The zero-order valence-corrected chi connectivity index (χ0v) is 11.4. The third kappa shape index (κ3) is 5.38. The molecule has 1 atom stereocenters. The van der Waals surface area contributed by atoms with E-state index in [0.717, 1.165) is 31.2 Å². The Morgan fingerprint density at radius 3 is 2.61 bits per heavy atom. The van der Waals surface area contributed by atoms with Gasteiger partial charge < -0.3 is 19.5 Å². The van der Waals surface area contributed by atoms with E-state index in [1.807, 2.05) is 31.2 Å². The summed E-state index contributed by atoms with van der Waals surface area (Å²) >= 11 is 0. The molecule has 1 rings (SSSR count). The van der Waals surface area contributed by atoms with Gasteiger partial charge in [0.2, 0.25) is 0 Å². The lowest BCUT2D eigenvalue weighted by atomic mass is 10.3. The van der Waals surface area contributed by atoms with E-state index in [2.05, 4.69) is 12.2 Å². The van der Waals surface area contributed by atoms with E-state index in [9.17, 15) is 0 Å². The van der Waals surface area contributed by atoms with Crippen LogP contribution >= 0.6 is 0 Å². The Labute approximate surface area is 109 Å².